The van der Waals surface area contributed by atoms with Crippen LogP contribution >= 0.6 is 11.8 Å². The number of carboxylic acid groups (broad SMARTS) is 1. The largest absolute Gasteiger partial charge is 0.480 e. The molecule has 0 saturated carbocycles. The monoisotopic (exact) mass is 216 g/mol. The normalized spacial score (nSPS) is 12.7. The third-order valence-electron chi connectivity index (χ3n) is 1.83. The standard InChI is InChI=1S/C7H12N4O2S/c1-5-8-9-10-11(5)6(7(12)13)3-4-14-2/h6H,3-4H2,1-2H3,(H,12,13). The first-order valence-corrected chi connectivity index (χ1v) is 5.52. The number of carbonyl (C=O) groups is 1. The summed E-state index contributed by atoms with van der Waals surface area (Å²) in [6.07, 6.45) is 2.47. The Hall–Kier alpha value is -1.11. The summed E-state index contributed by atoms with van der Waals surface area (Å²) in [5, 5.41) is 19.7. The molecule has 0 aromatic carbocycles. The molecule has 1 rings (SSSR count). The van der Waals surface area contributed by atoms with Crippen molar-refractivity contribution in [2.45, 2.75) is 19.4 Å². The molecule has 1 aromatic rings. The lowest BCUT2D eigenvalue weighted by Crippen LogP contribution is -2.22. The lowest BCUT2D eigenvalue weighted by molar-refractivity contribution is -0.141. The van der Waals surface area contributed by atoms with Crippen LogP contribution in [0.25, 0.3) is 0 Å². The van der Waals surface area contributed by atoms with E-state index in [1.165, 1.54) is 4.68 Å². The summed E-state index contributed by atoms with van der Waals surface area (Å²) in [6.45, 7) is 1.69. The molecule has 0 fully saturated rings. The molecule has 1 unspecified atom stereocenters. The van der Waals surface area contributed by atoms with E-state index in [-0.39, 0.29) is 0 Å². The number of thioether (sulfide) groups is 1. The Balaban J connectivity index is 2.78. The highest BCUT2D eigenvalue weighted by molar-refractivity contribution is 7.98. The highest BCUT2D eigenvalue weighted by Gasteiger charge is 2.22. The summed E-state index contributed by atoms with van der Waals surface area (Å²) in [5.41, 5.74) is 0. The Morgan fingerprint density at radius 2 is 2.43 bits per heavy atom. The minimum Gasteiger partial charge on any atom is -0.480 e. The summed E-state index contributed by atoms with van der Waals surface area (Å²) in [5.74, 6) is 0.406. The fraction of sp³-hybridized carbons (Fsp3) is 0.714. The molecule has 0 radical (unpaired) electrons. The molecule has 6 nitrogen and oxygen atoms in total. The van der Waals surface area contributed by atoms with E-state index in [9.17, 15) is 4.79 Å². The van der Waals surface area contributed by atoms with Crippen LogP contribution in [0.15, 0.2) is 0 Å². The van der Waals surface area contributed by atoms with Gasteiger partial charge in [0.15, 0.2) is 6.04 Å². The highest BCUT2D eigenvalue weighted by atomic mass is 32.2. The van der Waals surface area contributed by atoms with Gasteiger partial charge in [-0.2, -0.15) is 11.8 Å². The molecule has 0 spiro atoms. The summed E-state index contributed by atoms with van der Waals surface area (Å²) < 4.78 is 1.35. The summed E-state index contributed by atoms with van der Waals surface area (Å²) >= 11 is 1.61. The summed E-state index contributed by atoms with van der Waals surface area (Å²) in [4.78, 5) is 10.9. The molecule has 0 aliphatic heterocycles. The second kappa shape index (κ2) is 4.94. The van der Waals surface area contributed by atoms with Crippen LogP contribution in [0.2, 0.25) is 0 Å². The van der Waals surface area contributed by atoms with Gasteiger partial charge in [0, 0.05) is 0 Å². The van der Waals surface area contributed by atoms with Crippen molar-refractivity contribution in [3.05, 3.63) is 5.82 Å². The van der Waals surface area contributed by atoms with Crippen molar-refractivity contribution >= 4 is 17.7 Å². The molecule has 0 bridgehead atoms. The Kier molecular flexibility index (Phi) is 3.87. The van der Waals surface area contributed by atoms with E-state index in [4.69, 9.17) is 5.11 Å². The summed E-state index contributed by atoms with van der Waals surface area (Å²) in [7, 11) is 0. The predicted octanol–water partition coefficient (Wildman–Crippen LogP) is 0.360. The average Bonchev–Trinajstić information content (AvgIpc) is 2.52. The maximum atomic E-state index is 10.9. The van der Waals surface area contributed by atoms with E-state index in [0.29, 0.717) is 12.2 Å². The van der Waals surface area contributed by atoms with Gasteiger partial charge in [-0.25, -0.2) is 9.48 Å². The third-order valence-corrected chi connectivity index (χ3v) is 2.48. The van der Waals surface area contributed by atoms with E-state index in [1.807, 2.05) is 6.26 Å². The van der Waals surface area contributed by atoms with E-state index < -0.39 is 12.0 Å². The minimum absolute atomic E-state index is 0.526. The van der Waals surface area contributed by atoms with Gasteiger partial charge >= 0.3 is 5.97 Å². The topological polar surface area (TPSA) is 80.9 Å². The van der Waals surface area contributed by atoms with E-state index >= 15 is 0 Å². The van der Waals surface area contributed by atoms with Gasteiger partial charge in [0.1, 0.15) is 5.82 Å². The number of nitrogens with zero attached hydrogens (tertiary/aromatic N) is 4. The van der Waals surface area contributed by atoms with Crippen molar-refractivity contribution in [1.82, 2.24) is 20.2 Å². The number of tetrazole rings is 1. The Morgan fingerprint density at radius 1 is 1.71 bits per heavy atom. The van der Waals surface area contributed by atoms with Crippen LogP contribution in [0.5, 0.6) is 0 Å². The van der Waals surface area contributed by atoms with E-state index in [2.05, 4.69) is 15.5 Å². The number of hydrogen-bond acceptors (Lipinski definition) is 5. The minimum atomic E-state index is -0.894. The molecular formula is C7H12N4O2S. The Labute approximate surface area is 85.7 Å². The zero-order valence-corrected chi connectivity index (χ0v) is 8.86. The number of aryl methyl sites for hydroxylation is 1. The van der Waals surface area contributed by atoms with Gasteiger partial charge in [0.25, 0.3) is 0 Å². The van der Waals surface area contributed by atoms with Gasteiger partial charge in [-0.15, -0.1) is 5.10 Å². The van der Waals surface area contributed by atoms with Crippen LogP contribution in [0.3, 0.4) is 0 Å². The van der Waals surface area contributed by atoms with Crippen LogP contribution < -0.4 is 0 Å². The van der Waals surface area contributed by atoms with Crippen LogP contribution in [0.4, 0.5) is 0 Å². The summed E-state index contributed by atoms with van der Waals surface area (Å²) in [6, 6.07) is -0.655. The number of hydrogen-bond donors (Lipinski definition) is 1. The third kappa shape index (κ3) is 2.44. The van der Waals surface area contributed by atoms with Gasteiger partial charge in [-0.3, -0.25) is 0 Å². The first-order chi connectivity index (χ1) is 6.66. The van der Waals surface area contributed by atoms with Crippen LogP contribution in [0, 0.1) is 6.92 Å². The molecule has 0 aliphatic rings. The zero-order valence-electron chi connectivity index (χ0n) is 8.04. The van der Waals surface area contributed by atoms with Crippen molar-refractivity contribution in [3.63, 3.8) is 0 Å². The first-order valence-electron chi connectivity index (χ1n) is 4.13. The van der Waals surface area contributed by atoms with Gasteiger partial charge in [0.2, 0.25) is 0 Å². The Morgan fingerprint density at radius 3 is 2.86 bits per heavy atom. The van der Waals surface area contributed by atoms with Crippen LogP contribution in [-0.4, -0.2) is 43.3 Å². The fourth-order valence-electron chi connectivity index (χ4n) is 1.11. The molecule has 1 aromatic heterocycles. The molecule has 0 saturated heterocycles. The van der Waals surface area contributed by atoms with Gasteiger partial charge < -0.3 is 5.11 Å². The smallest absolute Gasteiger partial charge is 0.328 e. The SMILES string of the molecule is CSCCC(C(=O)O)n1nnnc1C. The predicted molar refractivity (Wildman–Crippen MR) is 52.2 cm³/mol. The number of carboxylic acids is 1. The lowest BCUT2D eigenvalue weighted by Gasteiger charge is -2.11. The van der Waals surface area contributed by atoms with Crippen LogP contribution in [-0.2, 0) is 4.79 Å². The van der Waals surface area contributed by atoms with Crippen LogP contribution in [0.1, 0.15) is 18.3 Å². The highest BCUT2D eigenvalue weighted by Crippen LogP contribution is 2.14. The molecule has 0 amide bonds. The van der Waals surface area contributed by atoms with Gasteiger partial charge in [-0.1, -0.05) is 0 Å². The van der Waals surface area contributed by atoms with Crippen molar-refractivity contribution in [2.24, 2.45) is 0 Å². The molecule has 14 heavy (non-hydrogen) atoms. The van der Waals surface area contributed by atoms with Crippen molar-refractivity contribution in [3.8, 4) is 0 Å². The van der Waals surface area contributed by atoms with Crippen molar-refractivity contribution in [1.29, 1.82) is 0 Å². The maximum absolute atomic E-state index is 10.9. The molecule has 0 aliphatic carbocycles. The quantitative estimate of drug-likeness (QED) is 0.765. The first kappa shape index (κ1) is 11.0. The molecule has 1 heterocycles. The number of aliphatic carboxylic acids is 1. The maximum Gasteiger partial charge on any atom is 0.328 e. The van der Waals surface area contributed by atoms with Crippen molar-refractivity contribution < 1.29 is 9.90 Å². The molecule has 78 valence electrons. The fourth-order valence-corrected chi connectivity index (χ4v) is 1.57. The Bertz CT molecular complexity index is 314. The molecule has 7 heteroatoms. The lowest BCUT2D eigenvalue weighted by atomic mass is 10.2. The molecule has 1 N–H and O–H groups in total. The van der Waals surface area contributed by atoms with E-state index in [0.717, 1.165) is 5.75 Å². The number of rotatable bonds is 5. The molecular weight excluding hydrogens is 204 g/mol. The molecule has 1 atom stereocenters. The number of aromatic nitrogens is 4. The average molecular weight is 216 g/mol. The van der Waals surface area contributed by atoms with Crippen molar-refractivity contribution in [2.75, 3.05) is 12.0 Å². The second-order valence-electron chi connectivity index (χ2n) is 2.81. The zero-order chi connectivity index (χ0) is 10.6. The van der Waals surface area contributed by atoms with Gasteiger partial charge in [0.05, 0.1) is 0 Å². The van der Waals surface area contributed by atoms with E-state index in [1.54, 1.807) is 18.7 Å². The second-order valence-corrected chi connectivity index (χ2v) is 3.79. The van der Waals surface area contributed by atoms with Gasteiger partial charge in [-0.05, 0) is 35.8 Å².